The van der Waals surface area contributed by atoms with Crippen LogP contribution in [-0.4, -0.2) is 29.9 Å². The van der Waals surface area contributed by atoms with Gasteiger partial charge in [0, 0.05) is 19.0 Å². The van der Waals surface area contributed by atoms with E-state index in [2.05, 4.69) is 0 Å². The van der Waals surface area contributed by atoms with Crippen molar-refractivity contribution >= 4 is 5.78 Å². The van der Waals surface area contributed by atoms with Crippen molar-refractivity contribution in [1.29, 1.82) is 0 Å². The Morgan fingerprint density at radius 2 is 2.00 bits per heavy atom. The molecule has 0 aromatic heterocycles. The zero-order valence-corrected chi connectivity index (χ0v) is 11.0. The van der Waals surface area contributed by atoms with Crippen molar-refractivity contribution in [2.24, 2.45) is 5.92 Å². The minimum atomic E-state index is -0.795. The molecule has 1 aliphatic rings. The molecular weight excluding hydrogens is 229 g/mol. The van der Waals surface area contributed by atoms with E-state index in [4.69, 9.17) is 0 Å². The molecule has 2 rings (SSSR count). The number of rotatable bonds is 4. The van der Waals surface area contributed by atoms with Crippen LogP contribution in [0.3, 0.4) is 0 Å². The van der Waals surface area contributed by atoms with Crippen LogP contribution in [0.25, 0.3) is 0 Å². The summed E-state index contributed by atoms with van der Waals surface area (Å²) in [5.41, 5.74) is 0.977. The van der Waals surface area contributed by atoms with E-state index >= 15 is 0 Å². The monoisotopic (exact) mass is 249 g/mol. The fourth-order valence-corrected chi connectivity index (χ4v) is 2.48. The van der Waals surface area contributed by atoms with E-state index in [1.54, 1.807) is 0 Å². The Bertz CT molecular complexity index is 404. The van der Waals surface area contributed by atoms with Gasteiger partial charge in [0.15, 0.2) is 5.78 Å². The molecule has 0 amide bonds. The number of nitrogens with zero attached hydrogens (tertiary/aromatic N) is 1. The van der Waals surface area contributed by atoms with E-state index in [0.717, 1.165) is 5.56 Å². The van der Waals surface area contributed by atoms with E-state index in [1.165, 1.54) is 0 Å². The average molecular weight is 249 g/mol. The molecule has 0 radical (unpaired) electrons. The molecule has 1 aromatic carbocycles. The summed E-state index contributed by atoms with van der Waals surface area (Å²) >= 11 is 0. The molecule has 0 saturated carbocycles. The van der Waals surface area contributed by atoms with Gasteiger partial charge in [-0.1, -0.05) is 44.2 Å². The van der Waals surface area contributed by atoms with Crippen LogP contribution in [-0.2, 0) is 4.79 Å². The van der Waals surface area contributed by atoms with Crippen molar-refractivity contribution < 1.29 is 9.18 Å². The SMILES string of the molecule is CC(C)C(=O)[C@@H](c1ccccc1)N1CC[C@H](F)C1. The van der Waals surface area contributed by atoms with Gasteiger partial charge in [0.25, 0.3) is 0 Å². The smallest absolute Gasteiger partial charge is 0.157 e. The summed E-state index contributed by atoms with van der Waals surface area (Å²) in [5, 5.41) is 0. The Hall–Kier alpha value is -1.22. The van der Waals surface area contributed by atoms with Gasteiger partial charge in [-0.05, 0) is 12.0 Å². The molecule has 1 aromatic rings. The van der Waals surface area contributed by atoms with Crippen LogP contribution < -0.4 is 0 Å². The predicted molar refractivity (Wildman–Crippen MR) is 70.1 cm³/mol. The maximum Gasteiger partial charge on any atom is 0.157 e. The Morgan fingerprint density at radius 1 is 1.33 bits per heavy atom. The van der Waals surface area contributed by atoms with Crippen LogP contribution in [0.1, 0.15) is 31.9 Å². The van der Waals surface area contributed by atoms with Crippen molar-refractivity contribution in [3.63, 3.8) is 0 Å². The van der Waals surface area contributed by atoms with E-state index in [0.29, 0.717) is 19.5 Å². The van der Waals surface area contributed by atoms with Crippen molar-refractivity contribution in [3.05, 3.63) is 35.9 Å². The molecule has 1 aliphatic heterocycles. The molecule has 2 nitrogen and oxygen atoms in total. The molecule has 2 atom stereocenters. The molecule has 1 fully saturated rings. The molecule has 1 saturated heterocycles. The van der Waals surface area contributed by atoms with E-state index in [9.17, 15) is 9.18 Å². The number of hydrogen-bond acceptors (Lipinski definition) is 2. The summed E-state index contributed by atoms with van der Waals surface area (Å²) in [6.45, 7) is 4.85. The number of hydrogen-bond donors (Lipinski definition) is 0. The van der Waals surface area contributed by atoms with Crippen molar-refractivity contribution in [1.82, 2.24) is 4.90 Å². The molecule has 18 heavy (non-hydrogen) atoms. The summed E-state index contributed by atoms with van der Waals surface area (Å²) < 4.78 is 13.4. The molecule has 0 unspecified atom stereocenters. The second-order valence-electron chi connectivity index (χ2n) is 5.25. The molecule has 3 heteroatoms. The summed E-state index contributed by atoms with van der Waals surface area (Å²) in [6.07, 6.45) is -0.259. The van der Waals surface area contributed by atoms with Gasteiger partial charge in [0.1, 0.15) is 6.17 Å². The third-order valence-electron chi connectivity index (χ3n) is 3.48. The Kier molecular flexibility index (Phi) is 4.12. The van der Waals surface area contributed by atoms with E-state index < -0.39 is 6.17 Å². The van der Waals surface area contributed by atoms with Gasteiger partial charge in [0.2, 0.25) is 0 Å². The fourth-order valence-electron chi connectivity index (χ4n) is 2.48. The number of carbonyl (C=O) groups is 1. The molecule has 98 valence electrons. The second-order valence-corrected chi connectivity index (χ2v) is 5.25. The first kappa shape index (κ1) is 13.2. The molecule has 1 heterocycles. The highest BCUT2D eigenvalue weighted by molar-refractivity contribution is 5.87. The maximum atomic E-state index is 13.4. The van der Waals surface area contributed by atoms with Crippen LogP contribution in [0.15, 0.2) is 30.3 Å². The molecule has 0 spiro atoms. The van der Waals surface area contributed by atoms with Crippen LogP contribution in [0.4, 0.5) is 4.39 Å². The Labute approximate surface area is 108 Å². The zero-order valence-electron chi connectivity index (χ0n) is 11.0. The van der Waals surface area contributed by atoms with Gasteiger partial charge < -0.3 is 0 Å². The Balaban J connectivity index is 2.26. The summed E-state index contributed by atoms with van der Waals surface area (Å²) in [4.78, 5) is 14.3. The highest BCUT2D eigenvalue weighted by Crippen LogP contribution is 2.29. The first-order valence-electron chi connectivity index (χ1n) is 6.56. The maximum absolute atomic E-state index is 13.4. The van der Waals surface area contributed by atoms with Crippen molar-refractivity contribution in [2.75, 3.05) is 13.1 Å². The number of ketones is 1. The molecule has 0 aliphatic carbocycles. The molecule has 0 N–H and O–H groups in total. The van der Waals surface area contributed by atoms with Gasteiger partial charge >= 0.3 is 0 Å². The van der Waals surface area contributed by atoms with Crippen LogP contribution in [0.5, 0.6) is 0 Å². The largest absolute Gasteiger partial charge is 0.297 e. The summed E-state index contributed by atoms with van der Waals surface area (Å²) in [7, 11) is 0. The quantitative estimate of drug-likeness (QED) is 0.817. The average Bonchev–Trinajstić information content (AvgIpc) is 2.77. The number of benzene rings is 1. The van der Waals surface area contributed by atoms with Gasteiger partial charge in [0.05, 0.1) is 6.04 Å². The zero-order chi connectivity index (χ0) is 13.1. The van der Waals surface area contributed by atoms with Gasteiger partial charge in [-0.3, -0.25) is 9.69 Å². The highest BCUT2D eigenvalue weighted by Gasteiger charge is 2.34. The lowest BCUT2D eigenvalue weighted by Crippen LogP contribution is -2.34. The van der Waals surface area contributed by atoms with E-state index in [-0.39, 0.29) is 17.7 Å². The highest BCUT2D eigenvalue weighted by atomic mass is 19.1. The minimum Gasteiger partial charge on any atom is -0.297 e. The van der Waals surface area contributed by atoms with Gasteiger partial charge in [-0.2, -0.15) is 0 Å². The van der Waals surface area contributed by atoms with Crippen LogP contribution >= 0.6 is 0 Å². The first-order chi connectivity index (χ1) is 8.59. The van der Waals surface area contributed by atoms with Gasteiger partial charge in [-0.15, -0.1) is 0 Å². The first-order valence-corrected chi connectivity index (χ1v) is 6.56. The van der Waals surface area contributed by atoms with Crippen LogP contribution in [0, 0.1) is 5.92 Å². The molecular formula is C15H20FNO. The van der Waals surface area contributed by atoms with Crippen molar-refractivity contribution in [2.45, 2.75) is 32.5 Å². The number of halogens is 1. The topological polar surface area (TPSA) is 20.3 Å². The lowest BCUT2D eigenvalue weighted by Gasteiger charge is -2.28. The number of alkyl halides is 1. The lowest BCUT2D eigenvalue weighted by atomic mass is 9.94. The molecule has 0 bridgehead atoms. The minimum absolute atomic E-state index is 0.0335. The number of Topliss-reactive ketones (excluding diaryl/α,β-unsaturated/α-hetero) is 1. The van der Waals surface area contributed by atoms with E-state index in [1.807, 2.05) is 49.1 Å². The van der Waals surface area contributed by atoms with Crippen molar-refractivity contribution in [3.8, 4) is 0 Å². The second kappa shape index (κ2) is 5.61. The number of likely N-dealkylation sites (tertiary alicyclic amines) is 1. The summed E-state index contributed by atoms with van der Waals surface area (Å²) in [5.74, 6) is 0.143. The van der Waals surface area contributed by atoms with Crippen LogP contribution in [0.2, 0.25) is 0 Å². The third-order valence-corrected chi connectivity index (χ3v) is 3.48. The number of carbonyl (C=O) groups excluding carboxylic acids is 1. The normalized spacial score (nSPS) is 22.3. The van der Waals surface area contributed by atoms with Gasteiger partial charge in [-0.25, -0.2) is 4.39 Å². The Morgan fingerprint density at radius 3 is 2.50 bits per heavy atom. The third kappa shape index (κ3) is 2.78. The lowest BCUT2D eigenvalue weighted by molar-refractivity contribution is -0.127. The predicted octanol–water partition coefficient (Wildman–Crippen LogP) is 3.00. The fraction of sp³-hybridized carbons (Fsp3) is 0.533. The standard InChI is InChI=1S/C15H20FNO/c1-11(2)15(18)14(12-6-4-3-5-7-12)17-9-8-13(16)10-17/h3-7,11,13-14H,8-10H2,1-2H3/t13-,14+/m0/s1. The summed E-state index contributed by atoms with van der Waals surface area (Å²) in [6, 6.07) is 9.42.